The number of benzene rings is 3. The van der Waals surface area contributed by atoms with Crippen molar-refractivity contribution in [2.45, 2.75) is 43.7 Å². The number of hydrogen-bond donors (Lipinski definition) is 2. The minimum atomic E-state index is -0.512. The van der Waals surface area contributed by atoms with Gasteiger partial charge in [0.25, 0.3) is 0 Å². The Hall–Kier alpha value is -2.40. The molecule has 3 aromatic rings. The standard InChI is InChI=1S/C34H41ClF2N4O2S.ClH/c1-2-44-32-20-27(36)5-3-25(32)22-40-15-17-41(18-16-40)34(43)33(38)23-9-12-39(13-10-23)14-11-24-19-26(35)4-7-29(24)30-21-28(42)6-8-31(30)37;/h3-8,19-21,23,33,42H,2,9-18,22,38H2,1H3;1H. The number of nitrogens with zero attached hydrogens (tertiary/aromatic N) is 3. The molecule has 3 N–H and O–H groups in total. The third-order valence-electron chi connectivity index (χ3n) is 8.84. The van der Waals surface area contributed by atoms with Crippen LogP contribution in [-0.4, -0.2) is 83.3 Å². The van der Waals surface area contributed by atoms with Gasteiger partial charge in [0.2, 0.25) is 5.91 Å². The molecule has 0 spiro atoms. The molecule has 6 nitrogen and oxygen atoms in total. The van der Waals surface area contributed by atoms with Crippen LogP contribution in [0.4, 0.5) is 8.78 Å². The van der Waals surface area contributed by atoms with E-state index in [1.807, 2.05) is 17.0 Å². The fourth-order valence-electron chi connectivity index (χ4n) is 6.29. The number of rotatable bonds is 10. The van der Waals surface area contributed by atoms with Gasteiger partial charge in [-0.25, -0.2) is 8.78 Å². The van der Waals surface area contributed by atoms with E-state index in [1.165, 1.54) is 24.3 Å². The molecular weight excluding hydrogens is 637 g/mol. The largest absolute Gasteiger partial charge is 0.508 e. The highest BCUT2D eigenvalue weighted by Gasteiger charge is 2.33. The zero-order valence-electron chi connectivity index (χ0n) is 25.6. The number of phenolic OH excluding ortho intramolecular Hbond substituents is 1. The lowest BCUT2D eigenvalue weighted by Crippen LogP contribution is -2.55. The van der Waals surface area contributed by atoms with Crippen molar-refractivity contribution < 1.29 is 18.7 Å². The van der Waals surface area contributed by atoms with E-state index >= 15 is 0 Å². The molecule has 1 atom stereocenters. The van der Waals surface area contributed by atoms with Crippen molar-refractivity contribution in [1.82, 2.24) is 14.7 Å². The second-order valence-corrected chi connectivity index (χ2v) is 13.4. The molecule has 0 bridgehead atoms. The zero-order chi connectivity index (χ0) is 31.2. The molecule has 0 saturated carbocycles. The van der Waals surface area contributed by atoms with Crippen molar-refractivity contribution in [1.29, 1.82) is 0 Å². The Kier molecular flexibility index (Phi) is 12.9. The number of piperidine rings is 1. The number of nitrogens with two attached hydrogens (primary N) is 1. The molecule has 1 amide bonds. The van der Waals surface area contributed by atoms with Crippen LogP contribution in [0, 0.1) is 17.6 Å². The number of likely N-dealkylation sites (tertiary alicyclic amines) is 1. The summed E-state index contributed by atoms with van der Waals surface area (Å²) in [5.41, 5.74) is 9.69. The summed E-state index contributed by atoms with van der Waals surface area (Å²) in [5, 5.41) is 10.5. The van der Waals surface area contributed by atoms with Gasteiger partial charge in [0.1, 0.15) is 17.4 Å². The number of phenols is 1. The van der Waals surface area contributed by atoms with Gasteiger partial charge in [-0.05, 0) is 103 Å². The normalized spacial score (nSPS) is 17.2. The molecule has 0 aromatic heterocycles. The third-order valence-corrected chi connectivity index (χ3v) is 10.1. The summed E-state index contributed by atoms with van der Waals surface area (Å²) in [7, 11) is 0. The van der Waals surface area contributed by atoms with Gasteiger partial charge in [-0.3, -0.25) is 9.69 Å². The van der Waals surface area contributed by atoms with E-state index < -0.39 is 6.04 Å². The molecule has 3 aromatic carbocycles. The minimum Gasteiger partial charge on any atom is -0.508 e. The summed E-state index contributed by atoms with van der Waals surface area (Å²) in [6.45, 7) is 8.08. The highest BCUT2D eigenvalue weighted by atomic mass is 35.5. The van der Waals surface area contributed by atoms with E-state index in [2.05, 4.69) is 16.7 Å². The number of aromatic hydroxyl groups is 1. The third kappa shape index (κ3) is 9.11. The number of carbonyl (C=O) groups excluding carboxylic acids is 1. The first-order valence-corrected chi connectivity index (χ1v) is 16.8. The molecule has 45 heavy (non-hydrogen) atoms. The molecule has 2 saturated heterocycles. The van der Waals surface area contributed by atoms with E-state index in [0.717, 1.165) is 79.4 Å². The predicted octanol–water partition coefficient (Wildman–Crippen LogP) is 6.45. The first kappa shape index (κ1) is 35.5. The van der Waals surface area contributed by atoms with Gasteiger partial charge in [0.15, 0.2) is 0 Å². The molecule has 5 rings (SSSR count). The Balaban J connectivity index is 0.00000461. The Morgan fingerprint density at radius 1 is 0.956 bits per heavy atom. The molecule has 2 aliphatic rings. The Morgan fingerprint density at radius 3 is 2.40 bits per heavy atom. The van der Waals surface area contributed by atoms with Crippen molar-refractivity contribution in [2.24, 2.45) is 11.7 Å². The van der Waals surface area contributed by atoms with Gasteiger partial charge in [0, 0.05) is 54.8 Å². The topological polar surface area (TPSA) is 73.0 Å². The monoisotopic (exact) mass is 678 g/mol. The molecular formula is C34H42Cl2F2N4O2S. The molecule has 2 heterocycles. The molecule has 0 radical (unpaired) electrons. The number of piperazine rings is 1. The van der Waals surface area contributed by atoms with Crippen molar-refractivity contribution >= 4 is 41.7 Å². The van der Waals surface area contributed by atoms with Crippen LogP contribution in [0.1, 0.15) is 30.9 Å². The number of carbonyl (C=O) groups is 1. The van der Waals surface area contributed by atoms with Gasteiger partial charge >= 0.3 is 0 Å². The fourth-order valence-corrected chi connectivity index (χ4v) is 7.31. The smallest absolute Gasteiger partial charge is 0.239 e. The Morgan fingerprint density at radius 2 is 1.69 bits per heavy atom. The van der Waals surface area contributed by atoms with Crippen LogP contribution >= 0.6 is 35.8 Å². The number of thioether (sulfide) groups is 1. The Bertz CT molecular complexity index is 1450. The fraction of sp³-hybridized carbons (Fsp3) is 0.441. The summed E-state index contributed by atoms with van der Waals surface area (Å²) >= 11 is 7.94. The van der Waals surface area contributed by atoms with Gasteiger partial charge in [-0.15, -0.1) is 24.2 Å². The average molecular weight is 680 g/mol. The number of halogens is 4. The molecule has 244 valence electrons. The lowest BCUT2D eigenvalue weighted by molar-refractivity contribution is -0.136. The quantitative estimate of drug-likeness (QED) is 0.240. The summed E-state index contributed by atoms with van der Waals surface area (Å²) in [4.78, 5) is 20.9. The van der Waals surface area contributed by atoms with E-state index in [9.17, 15) is 18.7 Å². The van der Waals surface area contributed by atoms with E-state index in [4.69, 9.17) is 17.3 Å². The summed E-state index contributed by atoms with van der Waals surface area (Å²) in [6, 6.07) is 14.0. The van der Waals surface area contributed by atoms with E-state index in [1.54, 1.807) is 30.0 Å². The maximum Gasteiger partial charge on any atom is 0.239 e. The highest BCUT2D eigenvalue weighted by molar-refractivity contribution is 7.99. The maximum atomic E-state index is 14.6. The van der Waals surface area contributed by atoms with Gasteiger partial charge < -0.3 is 20.6 Å². The molecule has 2 fully saturated rings. The van der Waals surface area contributed by atoms with Crippen LogP contribution in [-0.2, 0) is 17.8 Å². The SMILES string of the molecule is CCSc1cc(F)ccc1CN1CCN(C(=O)C(N)C2CCN(CCc3cc(Cl)ccc3-c3cc(O)ccc3F)CC2)CC1.Cl. The molecule has 11 heteroatoms. The summed E-state index contributed by atoms with van der Waals surface area (Å²) in [6.07, 6.45) is 2.37. The molecule has 1 unspecified atom stereocenters. The summed E-state index contributed by atoms with van der Waals surface area (Å²) < 4.78 is 28.3. The zero-order valence-corrected chi connectivity index (χ0v) is 27.9. The highest BCUT2D eigenvalue weighted by Crippen LogP contribution is 2.32. The second kappa shape index (κ2) is 16.4. The van der Waals surface area contributed by atoms with Crippen molar-refractivity contribution in [2.75, 3.05) is 51.6 Å². The van der Waals surface area contributed by atoms with Crippen molar-refractivity contribution in [3.8, 4) is 16.9 Å². The van der Waals surface area contributed by atoms with E-state index in [0.29, 0.717) is 30.1 Å². The molecule has 2 aliphatic heterocycles. The average Bonchev–Trinajstić information content (AvgIpc) is 3.03. The van der Waals surface area contributed by atoms with Crippen LogP contribution in [0.15, 0.2) is 59.5 Å². The first-order chi connectivity index (χ1) is 21.2. The number of amides is 1. The maximum absolute atomic E-state index is 14.6. The Labute approximate surface area is 280 Å². The predicted molar refractivity (Wildman–Crippen MR) is 181 cm³/mol. The van der Waals surface area contributed by atoms with Crippen LogP contribution in [0.2, 0.25) is 5.02 Å². The van der Waals surface area contributed by atoms with E-state index in [-0.39, 0.29) is 41.6 Å². The van der Waals surface area contributed by atoms with Gasteiger partial charge in [0.05, 0.1) is 6.04 Å². The number of hydrogen-bond acceptors (Lipinski definition) is 6. The van der Waals surface area contributed by atoms with Gasteiger partial charge in [-0.2, -0.15) is 0 Å². The summed E-state index contributed by atoms with van der Waals surface area (Å²) in [5.74, 6) is 0.469. The first-order valence-electron chi connectivity index (χ1n) is 15.4. The van der Waals surface area contributed by atoms with Crippen LogP contribution < -0.4 is 5.73 Å². The second-order valence-electron chi connectivity index (χ2n) is 11.7. The van der Waals surface area contributed by atoms with Crippen molar-refractivity contribution in [3.63, 3.8) is 0 Å². The van der Waals surface area contributed by atoms with Crippen LogP contribution in [0.3, 0.4) is 0 Å². The van der Waals surface area contributed by atoms with Crippen LogP contribution in [0.25, 0.3) is 11.1 Å². The van der Waals surface area contributed by atoms with Gasteiger partial charge in [-0.1, -0.05) is 30.7 Å². The minimum absolute atomic E-state index is 0. The van der Waals surface area contributed by atoms with Crippen LogP contribution in [0.5, 0.6) is 5.75 Å². The lowest BCUT2D eigenvalue weighted by atomic mass is 9.88. The lowest BCUT2D eigenvalue weighted by Gasteiger charge is -2.39. The van der Waals surface area contributed by atoms with Crippen molar-refractivity contribution in [3.05, 3.63) is 82.4 Å². The molecule has 0 aliphatic carbocycles.